The molecule has 2 rings (SSSR count). The van der Waals surface area contributed by atoms with Crippen LogP contribution in [0.4, 0.5) is 17.5 Å². The number of nitrogens with two attached hydrogens (primary N) is 2. The first-order chi connectivity index (χ1) is 14.7. The van der Waals surface area contributed by atoms with E-state index in [4.69, 9.17) is 20.9 Å². The van der Waals surface area contributed by atoms with E-state index in [2.05, 4.69) is 20.6 Å². The summed E-state index contributed by atoms with van der Waals surface area (Å²) >= 11 is 0. The van der Waals surface area contributed by atoms with Gasteiger partial charge in [-0.1, -0.05) is 19.9 Å². The van der Waals surface area contributed by atoms with Crippen LogP contribution in [-0.2, 0) is 9.53 Å². The molecule has 31 heavy (non-hydrogen) atoms. The molecule has 11 nitrogen and oxygen atoms in total. The van der Waals surface area contributed by atoms with Gasteiger partial charge in [0.2, 0.25) is 11.9 Å². The zero-order valence-corrected chi connectivity index (χ0v) is 17.7. The largest absolute Gasteiger partial charge is 0.491 e. The number of amides is 2. The van der Waals surface area contributed by atoms with Gasteiger partial charge in [-0.2, -0.15) is 4.98 Å². The van der Waals surface area contributed by atoms with Crippen molar-refractivity contribution in [2.24, 2.45) is 17.4 Å². The molecule has 0 saturated heterocycles. The van der Waals surface area contributed by atoms with E-state index in [1.54, 1.807) is 31.4 Å². The van der Waals surface area contributed by atoms with Crippen LogP contribution in [0.2, 0.25) is 0 Å². The Kier molecular flexibility index (Phi) is 8.38. The summed E-state index contributed by atoms with van der Waals surface area (Å²) in [5, 5.41) is 5.73. The predicted octanol–water partition coefficient (Wildman–Crippen LogP) is 0.950. The van der Waals surface area contributed by atoms with Crippen LogP contribution in [0, 0.1) is 5.92 Å². The highest BCUT2D eigenvalue weighted by Crippen LogP contribution is 2.22. The van der Waals surface area contributed by atoms with Gasteiger partial charge in [0.05, 0.1) is 6.61 Å². The fourth-order valence-electron chi connectivity index (χ4n) is 2.79. The first-order valence-corrected chi connectivity index (χ1v) is 9.70. The fraction of sp³-hybridized carbons (Fsp3) is 0.400. The number of carbonyl (C=O) groups is 2. The van der Waals surface area contributed by atoms with E-state index in [-0.39, 0.29) is 23.2 Å². The van der Waals surface area contributed by atoms with Gasteiger partial charge in [-0.05, 0) is 24.5 Å². The molecule has 1 aromatic heterocycles. The Morgan fingerprint density at radius 1 is 1.23 bits per heavy atom. The highest BCUT2D eigenvalue weighted by atomic mass is 16.5. The van der Waals surface area contributed by atoms with Crippen molar-refractivity contribution in [3.05, 3.63) is 40.2 Å². The Bertz CT molecular complexity index is 975. The highest BCUT2D eigenvalue weighted by molar-refractivity contribution is 5.98. The molecule has 0 aliphatic heterocycles. The minimum absolute atomic E-state index is 0.0190. The lowest BCUT2D eigenvalue weighted by molar-refractivity contribution is -0.119. The van der Waals surface area contributed by atoms with Gasteiger partial charge in [-0.15, -0.1) is 0 Å². The van der Waals surface area contributed by atoms with Crippen molar-refractivity contribution in [2.75, 3.05) is 31.0 Å². The number of rotatable bonds is 12. The molecule has 0 spiro atoms. The van der Waals surface area contributed by atoms with Crippen molar-refractivity contribution in [3.8, 4) is 5.75 Å². The number of ether oxygens (including phenoxy) is 2. The summed E-state index contributed by atoms with van der Waals surface area (Å²) in [5.74, 6) is -0.915. The summed E-state index contributed by atoms with van der Waals surface area (Å²) in [5.41, 5.74) is 10.2. The van der Waals surface area contributed by atoms with Crippen molar-refractivity contribution in [1.29, 1.82) is 0 Å². The van der Waals surface area contributed by atoms with Crippen LogP contribution >= 0.6 is 0 Å². The van der Waals surface area contributed by atoms with Crippen molar-refractivity contribution in [1.82, 2.24) is 9.97 Å². The number of primary amides is 2. The minimum atomic E-state index is -0.955. The average Bonchev–Trinajstić information content (AvgIpc) is 2.67. The van der Waals surface area contributed by atoms with Crippen molar-refractivity contribution in [3.63, 3.8) is 0 Å². The Labute approximate surface area is 179 Å². The number of hydrogen-bond donors (Lipinski definition) is 5. The molecular weight excluding hydrogens is 404 g/mol. The third-order valence-corrected chi connectivity index (χ3v) is 4.18. The van der Waals surface area contributed by atoms with Crippen molar-refractivity contribution >= 4 is 29.3 Å². The lowest BCUT2D eigenvalue weighted by Crippen LogP contribution is -2.38. The summed E-state index contributed by atoms with van der Waals surface area (Å²) in [6, 6.07) is 6.09. The maximum atomic E-state index is 12.5. The molecule has 0 saturated carbocycles. The average molecular weight is 432 g/mol. The van der Waals surface area contributed by atoms with Crippen molar-refractivity contribution in [2.45, 2.75) is 26.3 Å². The van der Waals surface area contributed by atoms with E-state index in [1.807, 2.05) is 13.8 Å². The van der Waals surface area contributed by atoms with E-state index in [1.165, 1.54) is 0 Å². The smallest absolute Gasteiger partial charge is 0.267 e. The Balaban J connectivity index is 2.35. The lowest BCUT2D eigenvalue weighted by atomic mass is 10.0. The Hall–Kier alpha value is -3.60. The fourth-order valence-corrected chi connectivity index (χ4v) is 2.79. The van der Waals surface area contributed by atoms with Gasteiger partial charge in [0.1, 0.15) is 24.0 Å². The van der Waals surface area contributed by atoms with Crippen molar-refractivity contribution < 1.29 is 19.1 Å². The summed E-state index contributed by atoms with van der Waals surface area (Å²) < 4.78 is 10.5. The van der Waals surface area contributed by atoms with Crippen LogP contribution in [0.1, 0.15) is 30.6 Å². The standard InChI is InChI=1S/C20H28N6O5/c1-11(2)9-14(16(21)27)24-20-25-18(15(17(22)28)19(29)26-20)23-12-5-4-6-13(10-12)31-8-7-30-3/h4-6,10-11,14H,7-9H2,1-3H3,(H2,21,27)(H2,22,28)(H3,23,24,25,26,29). The third kappa shape index (κ3) is 7.00. The number of anilines is 3. The second kappa shape index (κ2) is 11.0. The molecule has 0 fully saturated rings. The first kappa shape index (κ1) is 23.7. The van der Waals surface area contributed by atoms with Crippen LogP contribution in [0.25, 0.3) is 0 Å². The molecule has 1 heterocycles. The topological polar surface area (TPSA) is 174 Å². The van der Waals surface area contributed by atoms with Gasteiger partial charge < -0.3 is 31.6 Å². The number of hydrogen-bond acceptors (Lipinski definition) is 8. The molecule has 1 unspecified atom stereocenters. The highest BCUT2D eigenvalue weighted by Gasteiger charge is 2.21. The molecule has 11 heteroatoms. The van der Waals surface area contributed by atoms with E-state index in [9.17, 15) is 14.4 Å². The van der Waals surface area contributed by atoms with Crippen LogP contribution in [-0.4, -0.2) is 48.1 Å². The normalized spacial score (nSPS) is 11.7. The zero-order valence-electron chi connectivity index (χ0n) is 17.7. The SMILES string of the molecule is COCCOc1cccc(Nc2nc(NC(CC(C)C)C(N)=O)[nH]c(=O)c2C(N)=O)c1. The first-order valence-electron chi connectivity index (χ1n) is 9.70. The monoisotopic (exact) mass is 432 g/mol. The summed E-state index contributed by atoms with van der Waals surface area (Å²) in [4.78, 5) is 42.7. The van der Waals surface area contributed by atoms with E-state index in [0.717, 1.165) is 0 Å². The molecule has 0 aliphatic rings. The van der Waals surface area contributed by atoms with Gasteiger partial charge in [-0.25, -0.2) is 0 Å². The molecule has 2 amide bonds. The van der Waals surface area contributed by atoms with E-state index >= 15 is 0 Å². The minimum Gasteiger partial charge on any atom is -0.491 e. The summed E-state index contributed by atoms with van der Waals surface area (Å²) in [7, 11) is 1.57. The van der Waals surface area contributed by atoms with Crippen LogP contribution in [0.15, 0.2) is 29.1 Å². The maximum Gasteiger partial charge on any atom is 0.267 e. The lowest BCUT2D eigenvalue weighted by Gasteiger charge is -2.18. The number of carbonyl (C=O) groups excluding carboxylic acids is 2. The molecule has 168 valence electrons. The molecule has 2 aromatic rings. The van der Waals surface area contributed by atoms with Gasteiger partial charge in [0, 0.05) is 18.9 Å². The quantitative estimate of drug-likeness (QED) is 0.308. The number of nitrogens with one attached hydrogen (secondary N) is 3. The van der Waals surface area contributed by atoms with Crippen LogP contribution in [0.5, 0.6) is 5.75 Å². The van der Waals surface area contributed by atoms with Gasteiger partial charge >= 0.3 is 0 Å². The van der Waals surface area contributed by atoms with E-state index in [0.29, 0.717) is 31.1 Å². The number of aromatic amines is 1. The summed E-state index contributed by atoms with van der Waals surface area (Å²) in [6.07, 6.45) is 0.431. The third-order valence-electron chi connectivity index (χ3n) is 4.18. The van der Waals surface area contributed by atoms with Gasteiger partial charge in [0.15, 0.2) is 5.82 Å². The van der Waals surface area contributed by atoms with E-state index < -0.39 is 23.4 Å². The van der Waals surface area contributed by atoms with Crippen LogP contribution < -0.4 is 32.4 Å². The predicted molar refractivity (Wildman–Crippen MR) is 117 cm³/mol. The number of aromatic nitrogens is 2. The molecular formula is C20H28N6O5. The zero-order chi connectivity index (χ0) is 23.0. The molecule has 0 bridgehead atoms. The number of nitrogens with zero attached hydrogens (tertiary/aromatic N) is 1. The molecule has 0 aliphatic carbocycles. The van der Waals surface area contributed by atoms with Gasteiger partial charge in [-0.3, -0.25) is 19.4 Å². The molecule has 1 aromatic carbocycles. The molecule has 7 N–H and O–H groups in total. The number of methoxy groups -OCH3 is 1. The second-order valence-corrected chi connectivity index (χ2v) is 7.23. The Morgan fingerprint density at radius 3 is 2.58 bits per heavy atom. The maximum absolute atomic E-state index is 12.5. The van der Waals surface area contributed by atoms with Crippen LogP contribution in [0.3, 0.4) is 0 Å². The number of H-pyrrole nitrogens is 1. The molecule has 1 atom stereocenters. The summed E-state index contributed by atoms with van der Waals surface area (Å²) in [6.45, 7) is 4.64. The second-order valence-electron chi connectivity index (χ2n) is 7.23. The Morgan fingerprint density at radius 2 is 1.97 bits per heavy atom. The number of benzene rings is 1. The molecule has 0 radical (unpaired) electrons. The van der Waals surface area contributed by atoms with Gasteiger partial charge in [0.25, 0.3) is 11.5 Å².